The van der Waals surface area contributed by atoms with Crippen LogP contribution < -0.4 is 0 Å². The monoisotopic (exact) mass is 198 g/mol. The zero-order chi connectivity index (χ0) is 10.7. The molecule has 0 aromatic carbocycles. The van der Waals surface area contributed by atoms with Gasteiger partial charge < -0.3 is 4.90 Å². The summed E-state index contributed by atoms with van der Waals surface area (Å²) >= 11 is 0. The highest BCUT2D eigenvalue weighted by Gasteiger charge is 2.28. The molecule has 1 rings (SSSR count). The van der Waals surface area contributed by atoms with Crippen molar-refractivity contribution in [1.29, 1.82) is 0 Å². The molecule has 0 aromatic heterocycles. The van der Waals surface area contributed by atoms with Crippen LogP contribution in [0.25, 0.3) is 0 Å². The van der Waals surface area contributed by atoms with Crippen molar-refractivity contribution in [3.05, 3.63) is 0 Å². The van der Waals surface area contributed by atoms with E-state index in [4.69, 9.17) is 0 Å². The van der Waals surface area contributed by atoms with Crippen molar-refractivity contribution < 1.29 is 9.59 Å². The third-order valence-electron chi connectivity index (χ3n) is 2.52. The lowest BCUT2D eigenvalue weighted by Gasteiger charge is -2.38. The largest absolute Gasteiger partial charge is 0.338 e. The lowest BCUT2D eigenvalue weighted by atomic mass is 10.2. The van der Waals surface area contributed by atoms with Gasteiger partial charge in [0.25, 0.3) is 0 Å². The van der Waals surface area contributed by atoms with Crippen molar-refractivity contribution in [2.45, 2.75) is 26.8 Å². The number of nitrogens with zero attached hydrogens (tertiary/aromatic N) is 2. The first-order valence-electron chi connectivity index (χ1n) is 5.05. The second-order valence-electron chi connectivity index (χ2n) is 3.90. The number of rotatable bonds is 3. The first-order chi connectivity index (χ1) is 6.54. The van der Waals surface area contributed by atoms with Crippen LogP contribution in [0.1, 0.15) is 20.8 Å². The molecule has 1 atom stereocenters. The minimum absolute atomic E-state index is 0.120. The Bertz CT molecular complexity index is 240. The maximum Gasteiger partial charge on any atom is 0.237 e. The highest BCUT2D eigenvalue weighted by atomic mass is 16.2. The number of carbonyl (C=O) groups is 2. The molecule has 0 bridgehead atoms. The van der Waals surface area contributed by atoms with Crippen LogP contribution in [0.2, 0.25) is 0 Å². The number of hydrogen-bond acceptors (Lipinski definition) is 3. The summed E-state index contributed by atoms with van der Waals surface area (Å²) in [7, 11) is 0. The van der Waals surface area contributed by atoms with E-state index in [-0.39, 0.29) is 17.7 Å². The van der Waals surface area contributed by atoms with Crippen LogP contribution in [0.3, 0.4) is 0 Å². The van der Waals surface area contributed by atoms with Crippen molar-refractivity contribution in [1.82, 2.24) is 9.80 Å². The van der Waals surface area contributed by atoms with Gasteiger partial charge in [-0.15, -0.1) is 0 Å². The predicted molar refractivity (Wildman–Crippen MR) is 54.0 cm³/mol. The maximum atomic E-state index is 11.6. The molecule has 0 aromatic rings. The van der Waals surface area contributed by atoms with E-state index in [2.05, 4.69) is 0 Å². The predicted octanol–water partition coefficient (Wildman–Crippen LogP) is 0.128. The van der Waals surface area contributed by atoms with Crippen LogP contribution >= 0.6 is 0 Å². The maximum absolute atomic E-state index is 11.6. The highest BCUT2D eigenvalue weighted by molar-refractivity contribution is 5.82. The van der Waals surface area contributed by atoms with Gasteiger partial charge in [0.05, 0.1) is 13.1 Å². The van der Waals surface area contributed by atoms with Gasteiger partial charge >= 0.3 is 0 Å². The number of piperazine rings is 1. The molecule has 1 fully saturated rings. The van der Waals surface area contributed by atoms with Crippen LogP contribution in [0, 0.1) is 0 Å². The molecule has 0 aliphatic carbocycles. The number of Topliss-reactive ketones (excluding diaryl/α,β-unsaturated/α-hetero) is 1. The van der Waals surface area contributed by atoms with Crippen molar-refractivity contribution in [3.8, 4) is 0 Å². The molecular formula is C10H18N2O2. The molecule has 1 heterocycles. The molecule has 1 unspecified atom stereocenters. The van der Waals surface area contributed by atoms with Crippen LogP contribution in [-0.4, -0.2) is 53.7 Å². The van der Waals surface area contributed by atoms with Gasteiger partial charge in [0.15, 0.2) is 0 Å². The molecule has 14 heavy (non-hydrogen) atoms. The summed E-state index contributed by atoms with van der Waals surface area (Å²) in [6.45, 7) is 7.91. The van der Waals surface area contributed by atoms with Gasteiger partial charge in [-0.2, -0.15) is 0 Å². The SMILES string of the molecule is CCN1C(=O)CN(CC(C)=O)CC1C. The van der Waals surface area contributed by atoms with Gasteiger partial charge in [-0.25, -0.2) is 0 Å². The third kappa shape index (κ3) is 2.54. The second-order valence-corrected chi connectivity index (χ2v) is 3.90. The van der Waals surface area contributed by atoms with Crippen molar-refractivity contribution in [2.24, 2.45) is 0 Å². The lowest BCUT2D eigenvalue weighted by molar-refractivity contribution is -0.139. The number of hydrogen-bond donors (Lipinski definition) is 0. The molecule has 1 saturated heterocycles. The standard InChI is InChI=1S/C10H18N2O2/c1-4-12-8(2)5-11(6-9(3)13)7-10(12)14/h8H,4-7H2,1-3H3. The fraction of sp³-hybridized carbons (Fsp3) is 0.800. The quantitative estimate of drug-likeness (QED) is 0.647. The first-order valence-corrected chi connectivity index (χ1v) is 5.05. The van der Waals surface area contributed by atoms with Crippen LogP contribution in [0.5, 0.6) is 0 Å². The van der Waals surface area contributed by atoms with E-state index >= 15 is 0 Å². The molecule has 4 nitrogen and oxygen atoms in total. The van der Waals surface area contributed by atoms with Crippen LogP contribution in [-0.2, 0) is 9.59 Å². The van der Waals surface area contributed by atoms with Crippen LogP contribution in [0.4, 0.5) is 0 Å². The summed E-state index contributed by atoms with van der Waals surface area (Å²) < 4.78 is 0. The Balaban J connectivity index is 2.56. The highest BCUT2D eigenvalue weighted by Crippen LogP contribution is 2.09. The van der Waals surface area contributed by atoms with E-state index in [0.29, 0.717) is 13.1 Å². The number of likely N-dealkylation sites (N-methyl/N-ethyl adjacent to an activating group) is 1. The van der Waals surface area contributed by atoms with Gasteiger partial charge in [0.1, 0.15) is 5.78 Å². The van der Waals surface area contributed by atoms with E-state index < -0.39 is 0 Å². The normalized spacial score (nSPS) is 24.1. The lowest BCUT2D eigenvalue weighted by Crippen LogP contribution is -2.55. The van der Waals surface area contributed by atoms with Crippen LogP contribution in [0.15, 0.2) is 0 Å². The average Bonchev–Trinajstić information content (AvgIpc) is 2.01. The zero-order valence-electron chi connectivity index (χ0n) is 9.12. The van der Waals surface area contributed by atoms with E-state index in [9.17, 15) is 9.59 Å². The summed E-state index contributed by atoms with van der Waals surface area (Å²) in [5.74, 6) is 0.252. The van der Waals surface area contributed by atoms with E-state index in [0.717, 1.165) is 13.1 Å². The Morgan fingerprint density at radius 1 is 1.57 bits per heavy atom. The number of amides is 1. The Morgan fingerprint density at radius 2 is 2.21 bits per heavy atom. The van der Waals surface area contributed by atoms with Crippen molar-refractivity contribution in [2.75, 3.05) is 26.2 Å². The topological polar surface area (TPSA) is 40.6 Å². The van der Waals surface area contributed by atoms with E-state index in [1.807, 2.05) is 23.6 Å². The van der Waals surface area contributed by atoms with Crippen molar-refractivity contribution >= 4 is 11.7 Å². The van der Waals surface area contributed by atoms with Gasteiger partial charge in [-0.1, -0.05) is 0 Å². The summed E-state index contributed by atoms with van der Waals surface area (Å²) in [6, 6.07) is 0.223. The van der Waals surface area contributed by atoms with Gasteiger partial charge in [-0.3, -0.25) is 14.5 Å². The van der Waals surface area contributed by atoms with Gasteiger partial charge in [0, 0.05) is 19.1 Å². The molecule has 0 saturated carbocycles. The molecule has 1 aliphatic heterocycles. The van der Waals surface area contributed by atoms with Gasteiger partial charge in [0.2, 0.25) is 5.91 Å². The summed E-state index contributed by atoms with van der Waals surface area (Å²) in [4.78, 5) is 26.3. The summed E-state index contributed by atoms with van der Waals surface area (Å²) in [5, 5.41) is 0. The van der Waals surface area contributed by atoms with E-state index in [1.165, 1.54) is 0 Å². The molecule has 0 spiro atoms. The summed E-state index contributed by atoms with van der Waals surface area (Å²) in [6.07, 6.45) is 0. The molecule has 80 valence electrons. The summed E-state index contributed by atoms with van der Waals surface area (Å²) in [5.41, 5.74) is 0. The van der Waals surface area contributed by atoms with Gasteiger partial charge in [-0.05, 0) is 20.8 Å². The second kappa shape index (κ2) is 4.55. The Morgan fingerprint density at radius 3 is 2.64 bits per heavy atom. The minimum atomic E-state index is 0.120. The molecule has 0 radical (unpaired) electrons. The average molecular weight is 198 g/mol. The molecule has 1 aliphatic rings. The Hall–Kier alpha value is -0.900. The molecule has 4 heteroatoms. The first kappa shape index (κ1) is 11.2. The van der Waals surface area contributed by atoms with Crippen molar-refractivity contribution in [3.63, 3.8) is 0 Å². The smallest absolute Gasteiger partial charge is 0.237 e. The minimum Gasteiger partial charge on any atom is -0.338 e. The molecule has 0 N–H and O–H groups in total. The Labute approximate surface area is 84.9 Å². The fourth-order valence-corrected chi connectivity index (χ4v) is 1.99. The molecular weight excluding hydrogens is 180 g/mol. The fourth-order valence-electron chi connectivity index (χ4n) is 1.99. The van der Waals surface area contributed by atoms with E-state index in [1.54, 1.807) is 6.92 Å². The zero-order valence-corrected chi connectivity index (χ0v) is 9.12. The number of carbonyl (C=O) groups excluding carboxylic acids is 2. The third-order valence-corrected chi connectivity index (χ3v) is 2.52. The Kier molecular flexibility index (Phi) is 3.63. The molecule has 1 amide bonds. The number of ketones is 1.